The minimum atomic E-state index is -1.21. The number of hydrogen-bond donors (Lipinski definition) is 2. The Balaban J connectivity index is 1.31. The van der Waals surface area contributed by atoms with Crippen molar-refractivity contribution in [3.8, 4) is 5.75 Å². The Morgan fingerprint density at radius 1 is 1.15 bits per heavy atom. The SMILES string of the molecule is COc1ccc(NC(=O)[C@@H]2[C@@H]3C=C[C@]4(O3)[C@@H]2C(=O)N(Cc2cccnc2)[C@H]4C(=O)N[C@@H]2CCC[C@H](C)[C@@H]2C)cc1. The fourth-order valence-corrected chi connectivity index (χ4v) is 7.07. The van der Waals surface area contributed by atoms with Crippen molar-refractivity contribution in [2.75, 3.05) is 12.4 Å². The quantitative estimate of drug-likeness (QED) is 0.518. The van der Waals surface area contributed by atoms with Gasteiger partial charge in [-0.25, -0.2) is 0 Å². The van der Waals surface area contributed by atoms with Crippen LogP contribution >= 0.6 is 0 Å². The Labute approximate surface area is 234 Å². The number of amides is 3. The summed E-state index contributed by atoms with van der Waals surface area (Å²) in [5, 5.41) is 6.23. The van der Waals surface area contributed by atoms with E-state index in [1.165, 1.54) is 0 Å². The van der Waals surface area contributed by atoms with Crippen LogP contribution in [0.15, 0.2) is 60.9 Å². The third kappa shape index (κ3) is 4.36. The van der Waals surface area contributed by atoms with Gasteiger partial charge in [0.2, 0.25) is 17.7 Å². The van der Waals surface area contributed by atoms with E-state index in [2.05, 4.69) is 29.5 Å². The van der Waals surface area contributed by atoms with Crippen LogP contribution in [-0.4, -0.2) is 58.5 Å². The van der Waals surface area contributed by atoms with Crippen molar-refractivity contribution < 1.29 is 23.9 Å². The van der Waals surface area contributed by atoms with Crippen molar-refractivity contribution in [1.29, 1.82) is 0 Å². The normalized spacial score (nSPS) is 34.0. The summed E-state index contributed by atoms with van der Waals surface area (Å²) in [6.07, 6.45) is 9.57. The monoisotopic (exact) mass is 544 g/mol. The Kier molecular flexibility index (Phi) is 6.86. The first-order chi connectivity index (χ1) is 19.3. The minimum absolute atomic E-state index is 0.0267. The molecule has 4 aliphatic rings. The van der Waals surface area contributed by atoms with E-state index in [0.717, 1.165) is 24.8 Å². The maximum absolute atomic E-state index is 14.2. The summed E-state index contributed by atoms with van der Waals surface area (Å²) in [5.74, 6) is -0.853. The zero-order valence-corrected chi connectivity index (χ0v) is 23.1. The van der Waals surface area contributed by atoms with E-state index in [4.69, 9.17) is 9.47 Å². The Bertz CT molecular complexity index is 1310. The lowest BCUT2D eigenvalue weighted by molar-refractivity contribution is -0.142. The lowest BCUT2D eigenvalue weighted by atomic mass is 9.73. The molecule has 3 fully saturated rings. The van der Waals surface area contributed by atoms with E-state index in [0.29, 0.717) is 23.3 Å². The molecule has 2 N–H and O–H groups in total. The van der Waals surface area contributed by atoms with Crippen molar-refractivity contribution in [2.45, 2.75) is 63.4 Å². The largest absolute Gasteiger partial charge is 0.497 e. The van der Waals surface area contributed by atoms with Gasteiger partial charge in [-0.15, -0.1) is 0 Å². The van der Waals surface area contributed by atoms with Crippen LogP contribution in [0.2, 0.25) is 0 Å². The average Bonchev–Trinajstić information content (AvgIpc) is 3.60. The van der Waals surface area contributed by atoms with E-state index in [1.54, 1.807) is 48.7 Å². The van der Waals surface area contributed by atoms with Crippen LogP contribution in [0.1, 0.15) is 38.7 Å². The van der Waals surface area contributed by atoms with E-state index < -0.39 is 29.6 Å². The molecule has 40 heavy (non-hydrogen) atoms. The molecule has 3 amide bonds. The molecular formula is C31H36N4O5. The van der Waals surface area contributed by atoms with Crippen LogP contribution in [0.4, 0.5) is 5.69 Å². The van der Waals surface area contributed by atoms with Crippen molar-refractivity contribution in [3.05, 3.63) is 66.5 Å². The van der Waals surface area contributed by atoms with Crippen molar-refractivity contribution in [1.82, 2.24) is 15.2 Å². The molecular weight excluding hydrogens is 508 g/mol. The fourth-order valence-electron chi connectivity index (χ4n) is 7.07. The van der Waals surface area contributed by atoms with E-state index in [9.17, 15) is 14.4 Å². The number of carbonyl (C=O) groups excluding carboxylic acids is 3. The van der Waals surface area contributed by atoms with Gasteiger partial charge in [-0.2, -0.15) is 0 Å². The standard InChI is InChI=1S/C31H36N4O5/c1-18-6-4-8-23(19(18)2)34-29(37)27-31-14-13-24(40-31)25(28(36)33-21-9-11-22(39-3)12-10-21)26(31)30(38)35(27)17-20-7-5-15-32-16-20/h5,7,9-16,18-19,23-27H,4,6,8,17H2,1-3H3,(H,33,36)(H,34,37)/t18-,19-,23+,24-,25+,26-,27-,31-/m0/s1. The lowest BCUT2D eigenvalue weighted by Crippen LogP contribution is -2.57. The summed E-state index contributed by atoms with van der Waals surface area (Å²) in [6, 6.07) is 9.86. The summed E-state index contributed by atoms with van der Waals surface area (Å²) in [6.45, 7) is 4.61. The van der Waals surface area contributed by atoms with Crippen molar-refractivity contribution in [2.24, 2.45) is 23.7 Å². The highest BCUT2D eigenvalue weighted by Crippen LogP contribution is 2.55. The number of rotatable bonds is 7. The first kappa shape index (κ1) is 26.5. The van der Waals surface area contributed by atoms with E-state index >= 15 is 0 Å². The molecule has 9 nitrogen and oxygen atoms in total. The van der Waals surface area contributed by atoms with Gasteiger partial charge in [-0.1, -0.05) is 44.9 Å². The highest BCUT2D eigenvalue weighted by atomic mass is 16.5. The Hall–Kier alpha value is -3.72. The first-order valence-corrected chi connectivity index (χ1v) is 14.1. The zero-order valence-electron chi connectivity index (χ0n) is 23.1. The molecule has 0 radical (unpaired) electrons. The number of nitrogens with one attached hydrogen (secondary N) is 2. The number of ether oxygens (including phenoxy) is 2. The summed E-state index contributed by atoms with van der Waals surface area (Å²) in [5.41, 5.74) is 0.195. The summed E-state index contributed by atoms with van der Waals surface area (Å²) in [4.78, 5) is 47.7. The van der Waals surface area contributed by atoms with Crippen LogP contribution < -0.4 is 15.4 Å². The number of likely N-dealkylation sites (tertiary alicyclic amines) is 1. The number of hydrogen-bond acceptors (Lipinski definition) is 6. The predicted octanol–water partition coefficient (Wildman–Crippen LogP) is 3.32. The van der Waals surface area contributed by atoms with Gasteiger partial charge in [0, 0.05) is 30.7 Å². The van der Waals surface area contributed by atoms with E-state index in [-0.39, 0.29) is 30.3 Å². The van der Waals surface area contributed by atoms with Gasteiger partial charge >= 0.3 is 0 Å². The summed E-state index contributed by atoms with van der Waals surface area (Å²) >= 11 is 0. The Morgan fingerprint density at radius 2 is 1.95 bits per heavy atom. The molecule has 210 valence electrons. The smallest absolute Gasteiger partial charge is 0.246 e. The minimum Gasteiger partial charge on any atom is -0.497 e. The molecule has 2 saturated heterocycles. The molecule has 2 bridgehead atoms. The number of pyridine rings is 1. The van der Waals surface area contributed by atoms with Gasteiger partial charge in [-0.3, -0.25) is 19.4 Å². The van der Waals surface area contributed by atoms with Gasteiger partial charge in [0.05, 0.1) is 25.0 Å². The maximum Gasteiger partial charge on any atom is 0.246 e. The number of anilines is 1. The number of fused-ring (bicyclic) bond motifs is 1. The number of nitrogens with zero attached hydrogens (tertiary/aromatic N) is 2. The van der Waals surface area contributed by atoms with Gasteiger partial charge in [-0.05, 0) is 54.2 Å². The first-order valence-electron chi connectivity index (χ1n) is 14.1. The summed E-state index contributed by atoms with van der Waals surface area (Å²) < 4.78 is 11.7. The molecule has 4 heterocycles. The fraction of sp³-hybridized carbons (Fsp3) is 0.484. The highest BCUT2D eigenvalue weighted by molar-refractivity contribution is 6.02. The topological polar surface area (TPSA) is 110 Å². The molecule has 8 atom stereocenters. The van der Waals surface area contributed by atoms with Gasteiger partial charge in [0.15, 0.2) is 0 Å². The van der Waals surface area contributed by atoms with Crippen molar-refractivity contribution >= 4 is 23.4 Å². The second-order valence-corrected chi connectivity index (χ2v) is 11.6. The number of benzene rings is 1. The van der Waals surface area contributed by atoms with Gasteiger partial charge in [0.25, 0.3) is 0 Å². The molecule has 6 rings (SSSR count). The second-order valence-electron chi connectivity index (χ2n) is 11.6. The highest BCUT2D eigenvalue weighted by Gasteiger charge is 2.72. The second kappa shape index (κ2) is 10.4. The molecule has 0 unspecified atom stereocenters. The molecule has 1 aliphatic carbocycles. The number of carbonyl (C=O) groups is 3. The van der Waals surface area contributed by atoms with Crippen LogP contribution in [0, 0.1) is 23.7 Å². The number of methoxy groups -OCH3 is 1. The van der Waals surface area contributed by atoms with Crippen LogP contribution in [0.3, 0.4) is 0 Å². The lowest BCUT2D eigenvalue weighted by Gasteiger charge is -2.38. The molecule has 9 heteroatoms. The van der Waals surface area contributed by atoms with Crippen molar-refractivity contribution in [3.63, 3.8) is 0 Å². The third-order valence-corrected chi connectivity index (χ3v) is 9.39. The molecule has 1 spiro atoms. The summed E-state index contributed by atoms with van der Waals surface area (Å²) in [7, 11) is 1.58. The molecule has 1 aromatic heterocycles. The van der Waals surface area contributed by atoms with Crippen LogP contribution in [-0.2, 0) is 25.7 Å². The molecule has 1 saturated carbocycles. The number of aromatic nitrogens is 1. The van der Waals surface area contributed by atoms with Crippen LogP contribution in [0.5, 0.6) is 5.75 Å². The van der Waals surface area contributed by atoms with Crippen LogP contribution in [0.25, 0.3) is 0 Å². The average molecular weight is 545 g/mol. The maximum atomic E-state index is 14.2. The molecule has 1 aromatic carbocycles. The third-order valence-electron chi connectivity index (χ3n) is 9.39. The zero-order chi connectivity index (χ0) is 28.0. The molecule has 2 aromatic rings. The van der Waals surface area contributed by atoms with E-state index in [1.807, 2.05) is 24.3 Å². The Morgan fingerprint density at radius 3 is 2.67 bits per heavy atom. The van der Waals surface area contributed by atoms with Gasteiger partial charge in [0.1, 0.15) is 17.4 Å². The predicted molar refractivity (Wildman–Crippen MR) is 148 cm³/mol. The molecule has 3 aliphatic heterocycles. The van der Waals surface area contributed by atoms with Gasteiger partial charge < -0.3 is 25.0 Å².